The summed E-state index contributed by atoms with van der Waals surface area (Å²) < 4.78 is 18.6. The molecular formula is C13H18FNO2. The van der Waals surface area contributed by atoms with Crippen LogP contribution in [0.3, 0.4) is 0 Å². The number of hydrogen-bond donors (Lipinski definition) is 2. The topological polar surface area (TPSA) is 41.5 Å². The largest absolute Gasteiger partial charge is 0.387 e. The van der Waals surface area contributed by atoms with Crippen LogP contribution in [0.1, 0.15) is 24.5 Å². The highest BCUT2D eigenvalue weighted by molar-refractivity contribution is 5.19. The lowest BCUT2D eigenvalue weighted by atomic mass is 10.1. The third-order valence-corrected chi connectivity index (χ3v) is 3.09. The van der Waals surface area contributed by atoms with E-state index < -0.39 is 6.10 Å². The molecular weight excluding hydrogens is 221 g/mol. The second kappa shape index (κ2) is 6.10. The quantitative estimate of drug-likeness (QED) is 0.839. The molecule has 1 atom stereocenters. The molecule has 17 heavy (non-hydrogen) atoms. The van der Waals surface area contributed by atoms with E-state index in [0.29, 0.717) is 18.2 Å². The summed E-state index contributed by atoms with van der Waals surface area (Å²) in [4.78, 5) is 0. The number of aliphatic hydroxyl groups is 1. The van der Waals surface area contributed by atoms with Gasteiger partial charge in [0.25, 0.3) is 0 Å². The van der Waals surface area contributed by atoms with Gasteiger partial charge in [0.2, 0.25) is 0 Å². The van der Waals surface area contributed by atoms with Crippen molar-refractivity contribution in [1.82, 2.24) is 5.32 Å². The van der Waals surface area contributed by atoms with Crippen molar-refractivity contribution >= 4 is 0 Å². The van der Waals surface area contributed by atoms with Gasteiger partial charge in [-0.25, -0.2) is 4.39 Å². The second-order valence-electron chi connectivity index (χ2n) is 4.33. The summed E-state index contributed by atoms with van der Waals surface area (Å²) in [6, 6.07) is 6.71. The Morgan fingerprint density at radius 3 is 2.76 bits per heavy atom. The minimum absolute atomic E-state index is 0.353. The third kappa shape index (κ3) is 3.49. The van der Waals surface area contributed by atoms with Crippen molar-refractivity contribution in [2.24, 2.45) is 0 Å². The van der Waals surface area contributed by atoms with Crippen molar-refractivity contribution in [2.45, 2.75) is 25.0 Å². The van der Waals surface area contributed by atoms with Gasteiger partial charge in [-0.3, -0.25) is 0 Å². The van der Waals surface area contributed by atoms with Crippen molar-refractivity contribution in [2.75, 3.05) is 19.8 Å². The first-order chi connectivity index (χ1) is 8.27. The van der Waals surface area contributed by atoms with E-state index in [4.69, 9.17) is 4.74 Å². The molecule has 4 heteroatoms. The fraction of sp³-hybridized carbons (Fsp3) is 0.538. The Balaban J connectivity index is 1.84. The second-order valence-corrected chi connectivity index (χ2v) is 4.33. The Hall–Kier alpha value is -0.970. The maximum Gasteiger partial charge on any atom is 0.129 e. The highest BCUT2D eigenvalue weighted by Gasteiger charge is 2.16. The fourth-order valence-corrected chi connectivity index (χ4v) is 2.04. The molecule has 1 aromatic carbocycles. The SMILES string of the molecule is OC(CNC1CCOCC1)c1ccccc1F. The molecule has 3 nitrogen and oxygen atoms in total. The van der Waals surface area contributed by atoms with Gasteiger partial charge < -0.3 is 15.2 Å². The van der Waals surface area contributed by atoms with Crippen LogP contribution in [0.2, 0.25) is 0 Å². The van der Waals surface area contributed by atoms with Crippen molar-refractivity contribution < 1.29 is 14.2 Å². The number of hydrogen-bond acceptors (Lipinski definition) is 3. The van der Waals surface area contributed by atoms with Crippen LogP contribution in [-0.2, 0) is 4.74 Å². The summed E-state index contributed by atoms with van der Waals surface area (Å²) in [5.41, 5.74) is 0.354. The first kappa shape index (κ1) is 12.5. The smallest absolute Gasteiger partial charge is 0.129 e. The minimum atomic E-state index is -0.793. The van der Waals surface area contributed by atoms with Crippen LogP contribution in [0.5, 0.6) is 0 Å². The van der Waals surface area contributed by atoms with Crippen LogP contribution in [-0.4, -0.2) is 30.9 Å². The molecule has 1 unspecified atom stereocenters. The van der Waals surface area contributed by atoms with E-state index in [1.165, 1.54) is 6.07 Å². The lowest BCUT2D eigenvalue weighted by molar-refractivity contribution is 0.0721. The predicted octanol–water partition coefficient (Wildman–Crippen LogP) is 1.63. The van der Waals surface area contributed by atoms with Crippen LogP contribution < -0.4 is 5.32 Å². The van der Waals surface area contributed by atoms with Gasteiger partial charge in [0.1, 0.15) is 5.82 Å². The Kier molecular flexibility index (Phi) is 4.48. The highest BCUT2D eigenvalue weighted by Crippen LogP contribution is 2.16. The van der Waals surface area contributed by atoms with Crippen LogP contribution >= 0.6 is 0 Å². The molecule has 0 amide bonds. The van der Waals surface area contributed by atoms with Gasteiger partial charge in [0.05, 0.1) is 6.10 Å². The average molecular weight is 239 g/mol. The van der Waals surface area contributed by atoms with Crippen LogP contribution in [0.25, 0.3) is 0 Å². The standard InChI is InChI=1S/C13H18FNO2/c14-12-4-2-1-3-11(12)13(16)9-15-10-5-7-17-8-6-10/h1-4,10,13,15-16H,5-9H2. The molecule has 0 bridgehead atoms. The molecule has 0 spiro atoms. The van der Waals surface area contributed by atoms with Crippen molar-refractivity contribution in [3.8, 4) is 0 Å². The minimum Gasteiger partial charge on any atom is -0.387 e. The van der Waals surface area contributed by atoms with E-state index in [2.05, 4.69) is 5.32 Å². The van der Waals surface area contributed by atoms with Gasteiger partial charge in [0, 0.05) is 31.4 Å². The molecule has 1 aromatic rings. The van der Waals surface area contributed by atoms with Gasteiger partial charge in [-0.15, -0.1) is 0 Å². The third-order valence-electron chi connectivity index (χ3n) is 3.09. The van der Waals surface area contributed by atoms with Crippen molar-refractivity contribution in [3.63, 3.8) is 0 Å². The highest BCUT2D eigenvalue weighted by atomic mass is 19.1. The summed E-state index contributed by atoms with van der Waals surface area (Å²) in [6.07, 6.45) is 1.10. The Morgan fingerprint density at radius 2 is 2.06 bits per heavy atom. The maximum atomic E-state index is 13.4. The fourth-order valence-electron chi connectivity index (χ4n) is 2.04. The summed E-state index contributed by atoms with van der Waals surface area (Å²) in [5.74, 6) is -0.353. The van der Waals surface area contributed by atoms with E-state index in [1.807, 2.05) is 0 Å². The molecule has 2 rings (SSSR count). The molecule has 94 valence electrons. The molecule has 1 aliphatic heterocycles. The Bertz CT molecular complexity index is 353. The van der Waals surface area contributed by atoms with Crippen LogP contribution in [0, 0.1) is 5.82 Å². The van der Waals surface area contributed by atoms with Gasteiger partial charge in [0.15, 0.2) is 0 Å². The van der Waals surface area contributed by atoms with E-state index in [-0.39, 0.29) is 5.82 Å². The molecule has 0 radical (unpaired) electrons. The van der Waals surface area contributed by atoms with Gasteiger partial charge in [-0.2, -0.15) is 0 Å². The molecule has 1 saturated heterocycles. The molecule has 0 saturated carbocycles. The van der Waals surface area contributed by atoms with Crippen molar-refractivity contribution in [1.29, 1.82) is 0 Å². The van der Waals surface area contributed by atoms with E-state index in [1.54, 1.807) is 18.2 Å². The number of benzene rings is 1. The van der Waals surface area contributed by atoms with E-state index in [0.717, 1.165) is 26.1 Å². The van der Waals surface area contributed by atoms with Gasteiger partial charge in [-0.1, -0.05) is 18.2 Å². The van der Waals surface area contributed by atoms with Gasteiger partial charge >= 0.3 is 0 Å². The lowest BCUT2D eigenvalue weighted by Gasteiger charge is -2.24. The number of aliphatic hydroxyl groups excluding tert-OH is 1. The first-order valence-corrected chi connectivity index (χ1v) is 6.01. The Morgan fingerprint density at radius 1 is 1.35 bits per heavy atom. The van der Waals surface area contributed by atoms with Gasteiger partial charge in [-0.05, 0) is 18.9 Å². The number of nitrogens with one attached hydrogen (secondary N) is 1. The monoisotopic (exact) mass is 239 g/mol. The first-order valence-electron chi connectivity index (χ1n) is 6.01. The Labute approximate surface area is 101 Å². The summed E-state index contributed by atoms with van der Waals surface area (Å²) >= 11 is 0. The summed E-state index contributed by atoms with van der Waals surface area (Å²) in [7, 11) is 0. The molecule has 1 heterocycles. The van der Waals surface area contributed by atoms with E-state index >= 15 is 0 Å². The molecule has 1 fully saturated rings. The number of halogens is 1. The normalized spacial score (nSPS) is 19.2. The average Bonchev–Trinajstić information content (AvgIpc) is 2.38. The lowest BCUT2D eigenvalue weighted by Crippen LogP contribution is -2.37. The maximum absolute atomic E-state index is 13.4. The van der Waals surface area contributed by atoms with Crippen LogP contribution in [0.15, 0.2) is 24.3 Å². The molecule has 1 aliphatic rings. The molecule has 0 aromatic heterocycles. The number of ether oxygens (including phenoxy) is 1. The predicted molar refractivity (Wildman–Crippen MR) is 63.2 cm³/mol. The number of rotatable bonds is 4. The van der Waals surface area contributed by atoms with E-state index in [9.17, 15) is 9.50 Å². The zero-order valence-electron chi connectivity index (χ0n) is 9.73. The molecule has 2 N–H and O–H groups in total. The summed E-state index contributed by atoms with van der Waals surface area (Å²) in [6.45, 7) is 1.90. The summed E-state index contributed by atoms with van der Waals surface area (Å²) in [5, 5.41) is 13.1. The zero-order chi connectivity index (χ0) is 12.1. The van der Waals surface area contributed by atoms with Crippen LogP contribution in [0.4, 0.5) is 4.39 Å². The zero-order valence-corrected chi connectivity index (χ0v) is 9.73. The molecule has 0 aliphatic carbocycles. The van der Waals surface area contributed by atoms with Crippen molar-refractivity contribution in [3.05, 3.63) is 35.6 Å².